The van der Waals surface area contributed by atoms with E-state index in [4.69, 9.17) is 0 Å². The first-order valence-electron chi connectivity index (χ1n) is 11.6. The predicted molar refractivity (Wildman–Crippen MR) is 143 cm³/mol. The molecule has 37 heavy (non-hydrogen) atoms. The van der Waals surface area contributed by atoms with Crippen molar-refractivity contribution in [3.63, 3.8) is 0 Å². The number of benzene rings is 3. The first kappa shape index (κ1) is 25.8. The minimum atomic E-state index is -3.74. The van der Waals surface area contributed by atoms with Crippen LogP contribution in [0.15, 0.2) is 83.9 Å². The summed E-state index contributed by atoms with van der Waals surface area (Å²) in [5.41, 5.74) is 3.16. The summed E-state index contributed by atoms with van der Waals surface area (Å²) in [7, 11) is -2.02. The van der Waals surface area contributed by atoms with Crippen molar-refractivity contribution in [1.82, 2.24) is 14.5 Å². The van der Waals surface area contributed by atoms with E-state index >= 15 is 0 Å². The molecular weight excluding hydrogens is 486 g/mol. The first-order valence-corrected chi connectivity index (χ1v) is 13.0. The van der Waals surface area contributed by atoms with Gasteiger partial charge in [0.2, 0.25) is 10.0 Å². The van der Waals surface area contributed by atoms with Gasteiger partial charge in [0.25, 0.3) is 5.91 Å². The fourth-order valence-electron chi connectivity index (χ4n) is 3.93. The van der Waals surface area contributed by atoms with E-state index in [-0.39, 0.29) is 10.8 Å². The quantitative estimate of drug-likeness (QED) is 0.378. The number of hydrogen-bond donors (Lipinski definition) is 2. The molecule has 0 aliphatic rings. The van der Waals surface area contributed by atoms with Gasteiger partial charge in [0.05, 0.1) is 22.1 Å². The number of carbonyl (C=O) groups is 1. The van der Waals surface area contributed by atoms with Gasteiger partial charge in [0.15, 0.2) is 0 Å². The van der Waals surface area contributed by atoms with Crippen LogP contribution in [0.5, 0.6) is 0 Å². The lowest BCUT2D eigenvalue weighted by Crippen LogP contribution is -2.40. The smallest absolute Gasteiger partial charge is 0.259 e. The molecule has 0 aliphatic carbocycles. The minimum Gasteiger partial charge on any atom is -0.322 e. The largest absolute Gasteiger partial charge is 0.322 e. The van der Waals surface area contributed by atoms with Gasteiger partial charge in [-0.2, -0.15) is 10.4 Å². The molecule has 4 rings (SSSR count). The molecule has 2 N–H and O–H groups in total. The monoisotopic (exact) mass is 513 g/mol. The van der Waals surface area contributed by atoms with Crippen LogP contribution in [-0.4, -0.2) is 29.6 Å². The van der Waals surface area contributed by atoms with Crippen LogP contribution in [0.4, 0.5) is 5.69 Å². The Morgan fingerprint density at radius 1 is 0.973 bits per heavy atom. The number of sulfonamides is 1. The molecule has 3 aromatic carbocycles. The molecule has 0 saturated carbocycles. The Balaban J connectivity index is 1.60. The van der Waals surface area contributed by atoms with Crippen molar-refractivity contribution >= 4 is 21.6 Å². The zero-order valence-electron chi connectivity index (χ0n) is 21.0. The standard InChI is InChI=1S/C28H27N5O3S/c1-28(2,3)32-37(35,36)25-11-6-5-10-23(25)20-12-14-22(15-13-20)30-27(34)24-18-33(4)31-26(24)21-9-7-8-19(16-21)17-29/h5-16,18,32H,1-4H3,(H,30,34). The third-order valence-electron chi connectivity index (χ3n) is 5.41. The second-order valence-electron chi connectivity index (χ2n) is 9.64. The SMILES string of the molecule is Cn1cc(C(=O)Nc2ccc(-c3ccccc3S(=O)(=O)NC(C)(C)C)cc2)c(-c2cccc(C#N)c2)n1. The molecule has 0 atom stereocenters. The van der Waals surface area contributed by atoms with Crippen LogP contribution in [0.2, 0.25) is 0 Å². The van der Waals surface area contributed by atoms with Gasteiger partial charge in [0.1, 0.15) is 5.69 Å². The molecule has 4 aromatic rings. The van der Waals surface area contributed by atoms with Gasteiger partial charge in [-0.3, -0.25) is 9.48 Å². The molecule has 1 aromatic heterocycles. The normalized spacial score (nSPS) is 11.6. The van der Waals surface area contributed by atoms with Gasteiger partial charge in [-0.15, -0.1) is 0 Å². The molecule has 0 radical (unpaired) electrons. The van der Waals surface area contributed by atoms with Gasteiger partial charge in [-0.1, -0.05) is 42.5 Å². The first-order chi connectivity index (χ1) is 17.5. The van der Waals surface area contributed by atoms with Crippen LogP contribution in [0.25, 0.3) is 22.4 Å². The number of rotatable bonds is 6. The molecule has 0 unspecified atom stereocenters. The number of amides is 1. The molecule has 1 heterocycles. The molecule has 0 spiro atoms. The van der Waals surface area contributed by atoms with Crippen molar-refractivity contribution < 1.29 is 13.2 Å². The van der Waals surface area contributed by atoms with E-state index in [1.165, 1.54) is 0 Å². The molecule has 188 valence electrons. The van der Waals surface area contributed by atoms with Crippen molar-refractivity contribution in [1.29, 1.82) is 5.26 Å². The van der Waals surface area contributed by atoms with Crippen molar-refractivity contribution in [3.05, 3.63) is 90.1 Å². The Labute approximate surface area is 216 Å². The maximum Gasteiger partial charge on any atom is 0.259 e. The number of nitrogens with one attached hydrogen (secondary N) is 2. The van der Waals surface area contributed by atoms with Crippen LogP contribution in [0, 0.1) is 11.3 Å². The van der Waals surface area contributed by atoms with Crippen molar-refractivity contribution in [3.8, 4) is 28.5 Å². The van der Waals surface area contributed by atoms with Crippen molar-refractivity contribution in [2.75, 3.05) is 5.32 Å². The summed E-state index contributed by atoms with van der Waals surface area (Å²) in [6.07, 6.45) is 1.63. The van der Waals surface area contributed by atoms with Crippen LogP contribution in [-0.2, 0) is 17.1 Å². The maximum absolute atomic E-state index is 13.1. The zero-order chi connectivity index (χ0) is 26.8. The molecule has 9 heteroatoms. The number of anilines is 1. The lowest BCUT2D eigenvalue weighted by atomic mass is 10.0. The number of nitriles is 1. The second-order valence-corrected chi connectivity index (χ2v) is 11.3. The number of aromatic nitrogens is 2. The summed E-state index contributed by atoms with van der Waals surface area (Å²) in [4.78, 5) is 13.3. The highest BCUT2D eigenvalue weighted by Gasteiger charge is 2.25. The third kappa shape index (κ3) is 5.94. The highest BCUT2D eigenvalue weighted by atomic mass is 32.2. The van der Waals surface area contributed by atoms with E-state index in [0.717, 1.165) is 0 Å². The molecule has 0 saturated heterocycles. The topological polar surface area (TPSA) is 117 Å². The molecular formula is C28H27N5O3S. The molecule has 1 amide bonds. The Morgan fingerprint density at radius 3 is 2.35 bits per heavy atom. The predicted octanol–water partition coefficient (Wildman–Crippen LogP) is 4.95. The average Bonchev–Trinajstić information content (AvgIpc) is 3.25. The van der Waals surface area contributed by atoms with E-state index in [9.17, 15) is 18.5 Å². The van der Waals surface area contributed by atoms with Crippen LogP contribution in [0.3, 0.4) is 0 Å². The maximum atomic E-state index is 13.1. The summed E-state index contributed by atoms with van der Waals surface area (Å²) in [5, 5.41) is 16.5. The Morgan fingerprint density at radius 2 is 1.68 bits per heavy atom. The molecule has 0 bridgehead atoms. The number of aryl methyl sites for hydroxylation is 1. The Bertz CT molecular complexity index is 1610. The summed E-state index contributed by atoms with van der Waals surface area (Å²) in [5.74, 6) is -0.351. The van der Waals surface area contributed by atoms with Gasteiger partial charge >= 0.3 is 0 Å². The lowest BCUT2D eigenvalue weighted by molar-refractivity contribution is 0.102. The number of carbonyl (C=O) groups excluding carboxylic acids is 1. The van der Waals surface area contributed by atoms with Gasteiger partial charge in [0, 0.05) is 35.6 Å². The Hall–Kier alpha value is -4.26. The summed E-state index contributed by atoms with van der Waals surface area (Å²) < 4.78 is 30.3. The van der Waals surface area contributed by atoms with Gasteiger partial charge < -0.3 is 5.32 Å². The van der Waals surface area contributed by atoms with E-state index in [1.54, 1.807) is 111 Å². The van der Waals surface area contributed by atoms with E-state index < -0.39 is 15.6 Å². The fourth-order valence-corrected chi connectivity index (χ4v) is 5.58. The number of hydrogen-bond acceptors (Lipinski definition) is 5. The van der Waals surface area contributed by atoms with E-state index in [2.05, 4.69) is 21.2 Å². The average molecular weight is 514 g/mol. The lowest BCUT2D eigenvalue weighted by Gasteiger charge is -2.21. The minimum absolute atomic E-state index is 0.182. The summed E-state index contributed by atoms with van der Waals surface area (Å²) in [6.45, 7) is 5.37. The van der Waals surface area contributed by atoms with Gasteiger partial charge in [-0.25, -0.2) is 13.1 Å². The third-order valence-corrected chi connectivity index (χ3v) is 7.23. The van der Waals surface area contributed by atoms with Gasteiger partial charge in [-0.05, 0) is 56.7 Å². The van der Waals surface area contributed by atoms with E-state index in [1.807, 2.05) is 0 Å². The van der Waals surface area contributed by atoms with Crippen LogP contribution in [0.1, 0.15) is 36.7 Å². The number of nitrogens with zero attached hydrogens (tertiary/aromatic N) is 3. The second kappa shape index (κ2) is 10.0. The highest BCUT2D eigenvalue weighted by molar-refractivity contribution is 7.89. The molecule has 0 fully saturated rings. The van der Waals surface area contributed by atoms with Crippen LogP contribution >= 0.6 is 0 Å². The Kier molecular flexibility index (Phi) is 6.99. The summed E-state index contributed by atoms with van der Waals surface area (Å²) >= 11 is 0. The molecule has 8 nitrogen and oxygen atoms in total. The van der Waals surface area contributed by atoms with E-state index in [0.29, 0.717) is 39.2 Å². The molecule has 0 aliphatic heterocycles. The van der Waals surface area contributed by atoms with Crippen molar-refractivity contribution in [2.45, 2.75) is 31.2 Å². The fraction of sp³-hybridized carbons (Fsp3) is 0.179. The summed E-state index contributed by atoms with van der Waals surface area (Å²) in [6, 6.07) is 22.8. The van der Waals surface area contributed by atoms with Crippen molar-refractivity contribution in [2.24, 2.45) is 7.05 Å². The highest BCUT2D eigenvalue weighted by Crippen LogP contribution is 2.29. The van der Waals surface area contributed by atoms with Crippen LogP contribution < -0.4 is 10.0 Å². The zero-order valence-corrected chi connectivity index (χ0v) is 21.8.